The lowest BCUT2D eigenvalue weighted by molar-refractivity contribution is 0.0682. The first-order valence-corrected chi connectivity index (χ1v) is 6.59. The van der Waals surface area contributed by atoms with Gasteiger partial charge in [0.15, 0.2) is 0 Å². The highest BCUT2D eigenvalue weighted by Gasteiger charge is 2.26. The Hall–Kier alpha value is -1.81. The number of aromatic carboxylic acids is 1. The Bertz CT molecular complexity index is 649. The first kappa shape index (κ1) is 12.2. The maximum absolute atomic E-state index is 11.4. The molecule has 0 atom stereocenters. The van der Waals surface area contributed by atoms with Gasteiger partial charge in [-0.05, 0) is 37.0 Å². The van der Waals surface area contributed by atoms with Gasteiger partial charge in [-0.25, -0.2) is 4.79 Å². The fourth-order valence-corrected chi connectivity index (χ4v) is 2.82. The summed E-state index contributed by atoms with van der Waals surface area (Å²) >= 11 is 5.94. The highest BCUT2D eigenvalue weighted by molar-refractivity contribution is 6.30. The second kappa shape index (κ2) is 4.70. The number of carboxylic acids is 1. The average Bonchev–Trinajstić information content (AvgIpc) is 2.88. The summed E-state index contributed by atoms with van der Waals surface area (Å²) in [5, 5.41) is 14.4. The Morgan fingerprint density at radius 2 is 2.26 bits per heavy atom. The number of aryl methyl sites for hydroxylation is 1. The molecule has 98 valence electrons. The van der Waals surface area contributed by atoms with Crippen LogP contribution >= 0.6 is 11.6 Å². The van der Waals surface area contributed by atoms with Gasteiger partial charge in [0.1, 0.15) is 5.69 Å². The monoisotopic (exact) mass is 276 g/mol. The maximum atomic E-state index is 11.4. The van der Waals surface area contributed by atoms with Gasteiger partial charge in [-0.15, -0.1) is 0 Å². The largest absolute Gasteiger partial charge is 0.477 e. The molecule has 1 aromatic carbocycles. The third-order valence-corrected chi connectivity index (χ3v) is 3.63. The van der Waals surface area contributed by atoms with Gasteiger partial charge in [0.2, 0.25) is 0 Å². The SMILES string of the molecule is O=C(O)c1c2c(nn1Cc1cccc(Cl)c1)CCC2. The van der Waals surface area contributed by atoms with Crippen LogP contribution in [0.4, 0.5) is 0 Å². The summed E-state index contributed by atoms with van der Waals surface area (Å²) in [4.78, 5) is 11.4. The Morgan fingerprint density at radius 3 is 3.00 bits per heavy atom. The lowest BCUT2D eigenvalue weighted by Gasteiger charge is -2.06. The highest BCUT2D eigenvalue weighted by Crippen LogP contribution is 2.25. The quantitative estimate of drug-likeness (QED) is 0.938. The summed E-state index contributed by atoms with van der Waals surface area (Å²) in [5.74, 6) is -0.905. The van der Waals surface area contributed by atoms with Crippen molar-refractivity contribution in [1.82, 2.24) is 9.78 Å². The molecule has 1 heterocycles. The molecule has 5 heteroatoms. The first-order valence-electron chi connectivity index (χ1n) is 6.21. The molecule has 0 saturated heterocycles. The summed E-state index contributed by atoms with van der Waals surface area (Å²) < 4.78 is 1.58. The smallest absolute Gasteiger partial charge is 0.354 e. The Morgan fingerprint density at radius 1 is 1.42 bits per heavy atom. The fourth-order valence-electron chi connectivity index (χ4n) is 2.61. The van der Waals surface area contributed by atoms with Crippen LogP contribution in [0.3, 0.4) is 0 Å². The number of carbonyl (C=O) groups is 1. The van der Waals surface area contributed by atoms with Crippen LogP contribution in [0, 0.1) is 0 Å². The van der Waals surface area contributed by atoms with E-state index >= 15 is 0 Å². The molecule has 0 amide bonds. The third-order valence-electron chi connectivity index (χ3n) is 3.40. The number of carboxylic acid groups (broad SMARTS) is 1. The molecule has 3 rings (SSSR count). The van der Waals surface area contributed by atoms with Gasteiger partial charge in [-0.2, -0.15) is 5.10 Å². The van der Waals surface area contributed by atoms with Gasteiger partial charge in [-0.3, -0.25) is 4.68 Å². The van der Waals surface area contributed by atoms with Crippen LogP contribution in [-0.4, -0.2) is 20.9 Å². The second-order valence-electron chi connectivity index (χ2n) is 4.72. The van der Waals surface area contributed by atoms with E-state index in [0.29, 0.717) is 17.3 Å². The summed E-state index contributed by atoms with van der Waals surface area (Å²) in [6.07, 6.45) is 2.68. The summed E-state index contributed by atoms with van der Waals surface area (Å²) in [5.41, 5.74) is 3.11. The number of nitrogens with zero attached hydrogens (tertiary/aromatic N) is 2. The van der Waals surface area contributed by atoms with Crippen molar-refractivity contribution in [2.45, 2.75) is 25.8 Å². The number of aromatic nitrogens is 2. The van der Waals surface area contributed by atoms with Crippen molar-refractivity contribution in [2.75, 3.05) is 0 Å². The lowest BCUT2D eigenvalue weighted by atomic mass is 10.2. The lowest BCUT2D eigenvalue weighted by Crippen LogP contribution is -2.13. The molecule has 0 bridgehead atoms. The van der Waals surface area contributed by atoms with Crippen molar-refractivity contribution in [1.29, 1.82) is 0 Å². The predicted octanol–water partition coefficient (Wildman–Crippen LogP) is 2.77. The molecular weight excluding hydrogens is 264 g/mol. The third kappa shape index (κ3) is 2.24. The average molecular weight is 277 g/mol. The van der Waals surface area contributed by atoms with E-state index < -0.39 is 5.97 Å². The molecule has 4 nitrogen and oxygen atoms in total. The van der Waals surface area contributed by atoms with Gasteiger partial charge in [0.25, 0.3) is 0 Å². The molecule has 1 aliphatic rings. The zero-order chi connectivity index (χ0) is 13.4. The molecule has 19 heavy (non-hydrogen) atoms. The standard InChI is InChI=1S/C14H13ClN2O2/c15-10-4-1-3-9(7-10)8-17-13(14(18)19)11-5-2-6-12(11)16-17/h1,3-4,7H,2,5-6,8H2,(H,18,19). The molecule has 0 saturated carbocycles. The van der Waals surface area contributed by atoms with Crippen molar-refractivity contribution in [3.05, 3.63) is 51.8 Å². The molecule has 0 unspecified atom stereocenters. The molecule has 0 spiro atoms. The molecule has 0 radical (unpaired) electrons. The number of halogens is 1. The molecular formula is C14H13ClN2O2. The fraction of sp³-hybridized carbons (Fsp3) is 0.286. The van der Waals surface area contributed by atoms with Crippen molar-refractivity contribution < 1.29 is 9.90 Å². The number of rotatable bonds is 3. The molecule has 0 aliphatic heterocycles. The van der Waals surface area contributed by atoms with Crippen molar-refractivity contribution in [3.63, 3.8) is 0 Å². The predicted molar refractivity (Wildman–Crippen MR) is 71.8 cm³/mol. The first-order chi connectivity index (χ1) is 9.15. The number of benzene rings is 1. The molecule has 0 fully saturated rings. The van der Waals surface area contributed by atoms with Gasteiger partial charge < -0.3 is 5.11 Å². The van der Waals surface area contributed by atoms with Crippen LogP contribution in [0.5, 0.6) is 0 Å². The van der Waals surface area contributed by atoms with E-state index in [1.165, 1.54) is 0 Å². The van der Waals surface area contributed by atoms with E-state index in [-0.39, 0.29) is 0 Å². The summed E-state index contributed by atoms with van der Waals surface area (Å²) in [6.45, 7) is 0.440. The van der Waals surface area contributed by atoms with Gasteiger partial charge in [0, 0.05) is 10.6 Å². The van der Waals surface area contributed by atoms with Crippen LogP contribution in [0.25, 0.3) is 0 Å². The Labute approximate surface area is 115 Å². The minimum absolute atomic E-state index is 0.326. The van der Waals surface area contributed by atoms with Crippen LogP contribution in [-0.2, 0) is 19.4 Å². The van der Waals surface area contributed by atoms with Gasteiger partial charge in [-0.1, -0.05) is 23.7 Å². The normalized spacial score (nSPS) is 13.5. The molecule has 1 aromatic heterocycles. The minimum Gasteiger partial charge on any atom is -0.477 e. The number of hydrogen-bond donors (Lipinski definition) is 1. The highest BCUT2D eigenvalue weighted by atomic mass is 35.5. The number of hydrogen-bond acceptors (Lipinski definition) is 2. The summed E-state index contributed by atoms with van der Waals surface area (Å²) in [6, 6.07) is 7.41. The second-order valence-corrected chi connectivity index (χ2v) is 5.16. The zero-order valence-corrected chi connectivity index (χ0v) is 11.0. The van der Waals surface area contributed by atoms with E-state index in [0.717, 1.165) is 36.1 Å². The molecule has 2 aromatic rings. The van der Waals surface area contributed by atoms with Crippen LogP contribution in [0.2, 0.25) is 5.02 Å². The van der Waals surface area contributed by atoms with Crippen LogP contribution in [0.1, 0.15) is 33.7 Å². The van der Waals surface area contributed by atoms with E-state index in [9.17, 15) is 9.90 Å². The van der Waals surface area contributed by atoms with E-state index in [4.69, 9.17) is 11.6 Å². The van der Waals surface area contributed by atoms with Gasteiger partial charge >= 0.3 is 5.97 Å². The minimum atomic E-state index is -0.905. The Balaban J connectivity index is 1.99. The molecule has 1 aliphatic carbocycles. The van der Waals surface area contributed by atoms with Crippen molar-refractivity contribution >= 4 is 17.6 Å². The van der Waals surface area contributed by atoms with E-state index in [1.54, 1.807) is 10.7 Å². The van der Waals surface area contributed by atoms with Crippen molar-refractivity contribution in [2.24, 2.45) is 0 Å². The maximum Gasteiger partial charge on any atom is 0.354 e. The molecule has 1 N–H and O–H groups in total. The van der Waals surface area contributed by atoms with E-state index in [1.807, 2.05) is 18.2 Å². The number of fused-ring (bicyclic) bond motifs is 1. The Kier molecular flexibility index (Phi) is 3.03. The van der Waals surface area contributed by atoms with Crippen LogP contribution < -0.4 is 0 Å². The van der Waals surface area contributed by atoms with Crippen molar-refractivity contribution in [3.8, 4) is 0 Å². The van der Waals surface area contributed by atoms with Crippen LogP contribution in [0.15, 0.2) is 24.3 Å². The van der Waals surface area contributed by atoms with E-state index in [2.05, 4.69) is 5.10 Å². The van der Waals surface area contributed by atoms with Gasteiger partial charge in [0.05, 0.1) is 12.2 Å². The summed E-state index contributed by atoms with van der Waals surface area (Å²) in [7, 11) is 0. The topological polar surface area (TPSA) is 55.1 Å². The zero-order valence-electron chi connectivity index (χ0n) is 10.3.